The number of amides is 4. The van der Waals surface area contributed by atoms with Crippen LogP contribution >= 0.6 is 0 Å². The lowest BCUT2D eigenvalue weighted by Gasteiger charge is -2.43. The van der Waals surface area contributed by atoms with E-state index in [1.807, 2.05) is 30.3 Å². The number of nitrogens with one attached hydrogen (secondary N) is 2. The van der Waals surface area contributed by atoms with Gasteiger partial charge in [-0.3, -0.25) is 29.0 Å². The van der Waals surface area contributed by atoms with Gasteiger partial charge in [0.15, 0.2) is 0 Å². The predicted octanol–water partition coefficient (Wildman–Crippen LogP) is 1.52. The molecule has 2 heterocycles. The number of hydrogen-bond donors (Lipinski definition) is 3. The summed E-state index contributed by atoms with van der Waals surface area (Å²) >= 11 is 0. The van der Waals surface area contributed by atoms with Crippen LogP contribution in [0.3, 0.4) is 0 Å². The molecule has 2 saturated heterocycles. The predicted molar refractivity (Wildman–Crippen MR) is 147 cm³/mol. The molecule has 0 saturated carbocycles. The molecule has 2 aliphatic heterocycles. The van der Waals surface area contributed by atoms with Crippen molar-refractivity contribution in [2.75, 3.05) is 13.2 Å². The van der Waals surface area contributed by atoms with E-state index in [0.29, 0.717) is 18.4 Å². The minimum atomic E-state index is -1.17. The lowest BCUT2D eigenvalue weighted by molar-refractivity contribution is -0.176. The number of carbonyl (C=O) groups excluding carboxylic acids is 4. The van der Waals surface area contributed by atoms with E-state index in [0.717, 1.165) is 10.6 Å². The Morgan fingerprint density at radius 3 is 2.46 bits per heavy atom. The number of hydrazine groups is 1. The van der Waals surface area contributed by atoms with E-state index in [2.05, 4.69) is 15.8 Å². The summed E-state index contributed by atoms with van der Waals surface area (Å²) < 4.78 is 0. The Labute approximate surface area is 237 Å². The van der Waals surface area contributed by atoms with E-state index in [4.69, 9.17) is 4.84 Å². The average molecular weight is 564 g/mol. The zero-order valence-corrected chi connectivity index (χ0v) is 22.5. The fourth-order valence-corrected chi connectivity index (χ4v) is 4.82. The second kappa shape index (κ2) is 14.1. The van der Waals surface area contributed by atoms with Crippen molar-refractivity contribution in [3.05, 3.63) is 71.8 Å². The number of carboxylic acids is 1. The second-order valence-electron chi connectivity index (χ2n) is 9.82. The van der Waals surface area contributed by atoms with Crippen molar-refractivity contribution in [3.8, 4) is 0 Å². The second-order valence-corrected chi connectivity index (χ2v) is 9.82. The maximum atomic E-state index is 13.6. The summed E-state index contributed by atoms with van der Waals surface area (Å²) in [6.45, 7) is 0.509. The molecule has 0 bridgehead atoms. The number of hydrogen-bond acceptors (Lipinski definition) is 7. The summed E-state index contributed by atoms with van der Waals surface area (Å²) in [5, 5.41) is 20.9. The van der Waals surface area contributed by atoms with Gasteiger partial charge in [-0.15, -0.1) is 0 Å². The highest BCUT2D eigenvalue weighted by Gasteiger charge is 2.44. The smallest absolute Gasteiger partial charge is 0.305 e. The molecule has 0 spiro atoms. The number of fused-ring (bicyclic) bond motifs is 1. The van der Waals surface area contributed by atoms with Gasteiger partial charge >= 0.3 is 5.97 Å². The molecule has 2 aromatic carbocycles. The van der Waals surface area contributed by atoms with Crippen LogP contribution in [0.5, 0.6) is 0 Å². The lowest BCUT2D eigenvalue weighted by atomic mass is 10.0. The minimum Gasteiger partial charge on any atom is -0.481 e. The molecule has 216 valence electrons. The zero-order chi connectivity index (χ0) is 29.2. The van der Waals surface area contributed by atoms with Crippen LogP contribution in [0.25, 0.3) is 0 Å². The number of benzene rings is 2. The molecule has 2 aliphatic rings. The molecule has 0 unspecified atom stereocenters. The monoisotopic (exact) mass is 563 g/mol. The Balaban J connectivity index is 1.43. The topological polar surface area (TPSA) is 158 Å². The van der Waals surface area contributed by atoms with Crippen LogP contribution in [-0.4, -0.2) is 82.2 Å². The van der Waals surface area contributed by atoms with E-state index in [1.54, 1.807) is 30.3 Å². The number of nitrogens with zero attached hydrogens (tertiary/aromatic N) is 3. The largest absolute Gasteiger partial charge is 0.481 e. The molecule has 0 aliphatic carbocycles. The van der Waals surface area contributed by atoms with Gasteiger partial charge in [-0.05, 0) is 37.0 Å². The highest BCUT2D eigenvalue weighted by atomic mass is 16.6. The van der Waals surface area contributed by atoms with Crippen LogP contribution in [0, 0.1) is 0 Å². The van der Waals surface area contributed by atoms with E-state index >= 15 is 0 Å². The normalized spacial score (nSPS) is 19.7. The van der Waals surface area contributed by atoms with Gasteiger partial charge in [0.25, 0.3) is 11.8 Å². The number of rotatable bonds is 11. The summed E-state index contributed by atoms with van der Waals surface area (Å²) in [6.07, 6.45) is 2.17. The summed E-state index contributed by atoms with van der Waals surface area (Å²) in [4.78, 5) is 69.4. The Morgan fingerprint density at radius 2 is 1.76 bits per heavy atom. The molecule has 0 radical (unpaired) electrons. The number of aliphatic carboxylic acids is 1. The molecular weight excluding hydrogens is 530 g/mol. The van der Waals surface area contributed by atoms with Gasteiger partial charge in [-0.2, -0.15) is 0 Å². The first-order valence-electron chi connectivity index (χ1n) is 13.5. The van der Waals surface area contributed by atoms with Crippen LogP contribution in [0.4, 0.5) is 0 Å². The first kappa shape index (κ1) is 29.2. The van der Waals surface area contributed by atoms with Crippen LogP contribution in [-0.2, 0) is 30.4 Å². The zero-order valence-electron chi connectivity index (χ0n) is 22.5. The third-order valence-corrected chi connectivity index (χ3v) is 6.87. The number of oxime groups is 1. The van der Waals surface area contributed by atoms with Crippen LogP contribution in [0.15, 0.2) is 65.8 Å². The molecule has 4 amide bonds. The fraction of sp³-hybridized carbons (Fsp3) is 0.379. The van der Waals surface area contributed by atoms with Crippen molar-refractivity contribution in [1.29, 1.82) is 0 Å². The summed E-state index contributed by atoms with van der Waals surface area (Å²) in [5.74, 6) is -3.17. The van der Waals surface area contributed by atoms with E-state index in [1.165, 1.54) is 11.2 Å². The molecular formula is C29H33N5O7. The SMILES string of the molecule is O=C(O)C[C@@H](C=NOCCc1ccccc1)NC(=O)[C@@H]1CCCN2C(=O)CC[C@H](NC(=O)c3ccccc3)C(=O)N12. The van der Waals surface area contributed by atoms with Crippen molar-refractivity contribution in [3.63, 3.8) is 0 Å². The standard InChI is InChI=1S/C29H33N5O7/c35-25-14-13-23(32-27(38)21-10-5-2-6-11-21)29(40)34-24(12-7-16-33(25)34)28(39)31-22(18-26(36)37)19-30-41-17-15-20-8-3-1-4-9-20/h1-6,8-11,19,22-24H,7,12-18H2,(H,31,39)(H,32,38)(H,36,37)/t22-,23-,24-/m0/s1. The molecule has 41 heavy (non-hydrogen) atoms. The van der Waals surface area contributed by atoms with Crippen LogP contribution in [0.1, 0.15) is 48.0 Å². The van der Waals surface area contributed by atoms with Crippen molar-refractivity contribution in [2.24, 2.45) is 5.16 Å². The molecule has 3 atom stereocenters. The molecule has 12 nitrogen and oxygen atoms in total. The highest BCUT2D eigenvalue weighted by molar-refractivity contribution is 6.00. The Hall–Kier alpha value is -4.74. The highest BCUT2D eigenvalue weighted by Crippen LogP contribution is 2.25. The summed E-state index contributed by atoms with van der Waals surface area (Å²) in [5.41, 5.74) is 1.41. The molecule has 12 heteroatoms. The minimum absolute atomic E-state index is 0.0188. The average Bonchev–Trinajstić information content (AvgIpc) is 3.09. The van der Waals surface area contributed by atoms with Gasteiger partial charge in [0, 0.05) is 24.9 Å². The molecule has 2 fully saturated rings. The lowest BCUT2D eigenvalue weighted by Crippen LogP contribution is -2.64. The Morgan fingerprint density at radius 1 is 1.05 bits per heavy atom. The van der Waals surface area contributed by atoms with Gasteiger partial charge in [0.1, 0.15) is 18.7 Å². The Bertz CT molecular complexity index is 1270. The van der Waals surface area contributed by atoms with Gasteiger partial charge in [0.05, 0.1) is 18.7 Å². The quantitative estimate of drug-likeness (QED) is 0.212. The maximum Gasteiger partial charge on any atom is 0.305 e. The molecule has 0 aromatic heterocycles. The third kappa shape index (κ3) is 7.90. The van der Waals surface area contributed by atoms with Gasteiger partial charge < -0.3 is 20.6 Å². The maximum absolute atomic E-state index is 13.6. The van der Waals surface area contributed by atoms with Crippen molar-refractivity contribution >= 4 is 35.8 Å². The van der Waals surface area contributed by atoms with Crippen molar-refractivity contribution < 1.29 is 33.9 Å². The first-order chi connectivity index (χ1) is 19.8. The molecule has 2 aromatic rings. The Kier molecular flexibility index (Phi) is 10.0. The van der Waals surface area contributed by atoms with E-state index in [9.17, 15) is 29.1 Å². The van der Waals surface area contributed by atoms with Gasteiger partial charge in [-0.25, -0.2) is 5.01 Å². The van der Waals surface area contributed by atoms with Gasteiger partial charge in [-0.1, -0.05) is 53.7 Å². The summed E-state index contributed by atoms with van der Waals surface area (Å²) in [6, 6.07) is 14.9. The van der Waals surface area contributed by atoms with Crippen molar-refractivity contribution in [1.82, 2.24) is 20.7 Å². The third-order valence-electron chi connectivity index (χ3n) is 6.87. The first-order valence-corrected chi connectivity index (χ1v) is 13.5. The molecule has 4 rings (SSSR count). The van der Waals surface area contributed by atoms with E-state index < -0.39 is 48.2 Å². The fourth-order valence-electron chi connectivity index (χ4n) is 4.82. The number of carbonyl (C=O) groups is 5. The van der Waals surface area contributed by atoms with Crippen LogP contribution < -0.4 is 10.6 Å². The van der Waals surface area contributed by atoms with Gasteiger partial charge in [0.2, 0.25) is 11.8 Å². The summed E-state index contributed by atoms with van der Waals surface area (Å²) in [7, 11) is 0. The molecule has 3 N–H and O–H groups in total. The van der Waals surface area contributed by atoms with E-state index in [-0.39, 0.29) is 38.3 Å². The van der Waals surface area contributed by atoms with Crippen molar-refractivity contribution in [2.45, 2.75) is 56.7 Å². The number of carboxylic acid groups (broad SMARTS) is 1. The van der Waals surface area contributed by atoms with Crippen LogP contribution in [0.2, 0.25) is 0 Å².